The van der Waals surface area contributed by atoms with Crippen LogP contribution >= 0.6 is 15.9 Å². The molecular weight excluding hydrogens is 328 g/mol. The molecule has 1 N–H and O–H groups in total. The van der Waals surface area contributed by atoms with Gasteiger partial charge in [-0.1, -0.05) is 28.1 Å². The second kappa shape index (κ2) is 7.14. The molecule has 0 radical (unpaired) electrons. The molecule has 0 aromatic heterocycles. The van der Waals surface area contributed by atoms with Crippen LogP contribution in [0.15, 0.2) is 46.9 Å². The molecule has 0 atom stereocenters. The van der Waals surface area contributed by atoms with Crippen LogP contribution in [0, 0.1) is 11.3 Å². The van der Waals surface area contributed by atoms with Crippen LogP contribution < -0.4 is 10.1 Å². The van der Waals surface area contributed by atoms with Crippen molar-refractivity contribution in [2.24, 2.45) is 0 Å². The van der Waals surface area contributed by atoms with Crippen LogP contribution in [-0.2, 0) is 6.54 Å². The minimum Gasteiger partial charge on any atom is -0.491 e. The van der Waals surface area contributed by atoms with Crippen LogP contribution in [0.1, 0.15) is 25.0 Å². The molecule has 0 fully saturated rings. The molecule has 21 heavy (non-hydrogen) atoms. The van der Waals surface area contributed by atoms with Crippen LogP contribution in [0.25, 0.3) is 0 Å². The predicted octanol–water partition coefficient (Wildman–Crippen LogP) is 4.72. The molecule has 0 unspecified atom stereocenters. The van der Waals surface area contributed by atoms with E-state index in [0.29, 0.717) is 12.1 Å². The summed E-state index contributed by atoms with van der Waals surface area (Å²) in [5, 5.41) is 12.4. The average Bonchev–Trinajstić information content (AvgIpc) is 2.46. The lowest BCUT2D eigenvalue weighted by molar-refractivity contribution is 0.242. The number of nitrogens with one attached hydrogen (secondary N) is 1. The summed E-state index contributed by atoms with van der Waals surface area (Å²) in [5.74, 6) is 0.870. The standard InChI is InChI=1S/C17H17BrN2O/c1-12(2)21-16-6-3-13(4-7-16)11-20-17-8-5-15(18)9-14(17)10-19/h3-9,12,20H,11H2,1-2H3. The molecule has 0 bridgehead atoms. The molecule has 0 amide bonds. The van der Waals surface area contributed by atoms with Gasteiger partial charge in [-0.2, -0.15) is 5.26 Å². The number of nitriles is 1. The summed E-state index contributed by atoms with van der Waals surface area (Å²) in [6.07, 6.45) is 0.176. The maximum absolute atomic E-state index is 9.13. The van der Waals surface area contributed by atoms with Gasteiger partial charge in [0, 0.05) is 11.0 Å². The van der Waals surface area contributed by atoms with E-state index in [1.54, 1.807) is 0 Å². The Labute approximate surface area is 133 Å². The number of anilines is 1. The lowest BCUT2D eigenvalue weighted by Gasteiger charge is -2.11. The fourth-order valence-electron chi connectivity index (χ4n) is 1.92. The van der Waals surface area contributed by atoms with Crippen LogP contribution in [-0.4, -0.2) is 6.10 Å². The molecule has 0 heterocycles. The van der Waals surface area contributed by atoms with Gasteiger partial charge >= 0.3 is 0 Å². The molecule has 108 valence electrons. The molecule has 0 aliphatic rings. The number of hydrogen-bond donors (Lipinski definition) is 1. The summed E-state index contributed by atoms with van der Waals surface area (Å²) >= 11 is 3.37. The summed E-state index contributed by atoms with van der Waals surface area (Å²) in [7, 11) is 0. The fourth-order valence-corrected chi connectivity index (χ4v) is 2.28. The third-order valence-electron chi connectivity index (χ3n) is 2.88. The fraction of sp³-hybridized carbons (Fsp3) is 0.235. The highest BCUT2D eigenvalue weighted by Gasteiger charge is 2.03. The zero-order valence-corrected chi connectivity index (χ0v) is 13.6. The van der Waals surface area contributed by atoms with E-state index in [1.165, 1.54) is 0 Å². The van der Waals surface area contributed by atoms with Gasteiger partial charge in [-0.25, -0.2) is 0 Å². The average molecular weight is 345 g/mol. The van der Waals surface area contributed by atoms with Gasteiger partial charge in [-0.3, -0.25) is 0 Å². The number of benzene rings is 2. The second-order valence-electron chi connectivity index (χ2n) is 4.97. The smallest absolute Gasteiger partial charge is 0.119 e. The van der Waals surface area contributed by atoms with Gasteiger partial charge in [-0.15, -0.1) is 0 Å². The van der Waals surface area contributed by atoms with Crippen LogP contribution in [0.5, 0.6) is 5.75 Å². The molecule has 2 aromatic carbocycles. The molecule has 0 aliphatic heterocycles. The zero-order valence-electron chi connectivity index (χ0n) is 12.1. The SMILES string of the molecule is CC(C)Oc1ccc(CNc2ccc(Br)cc2C#N)cc1. The molecule has 0 aliphatic carbocycles. The van der Waals surface area contributed by atoms with E-state index < -0.39 is 0 Å². The second-order valence-corrected chi connectivity index (χ2v) is 5.88. The molecule has 0 spiro atoms. The number of rotatable bonds is 5. The van der Waals surface area contributed by atoms with Crippen molar-refractivity contribution in [1.82, 2.24) is 0 Å². The topological polar surface area (TPSA) is 45.0 Å². The Kier molecular flexibility index (Phi) is 5.24. The van der Waals surface area contributed by atoms with Crippen LogP contribution in [0.3, 0.4) is 0 Å². The third kappa shape index (κ3) is 4.51. The first kappa shape index (κ1) is 15.4. The van der Waals surface area contributed by atoms with Gasteiger partial charge in [0.1, 0.15) is 11.8 Å². The van der Waals surface area contributed by atoms with E-state index in [-0.39, 0.29) is 6.10 Å². The third-order valence-corrected chi connectivity index (χ3v) is 3.37. The first-order chi connectivity index (χ1) is 10.1. The first-order valence-electron chi connectivity index (χ1n) is 6.77. The quantitative estimate of drug-likeness (QED) is 0.853. The highest BCUT2D eigenvalue weighted by molar-refractivity contribution is 9.10. The minimum atomic E-state index is 0.176. The lowest BCUT2D eigenvalue weighted by atomic mass is 10.1. The van der Waals surface area contributed by atoms with Crippen molar-refractivity contribution in [2.45, 2.75) is 26.5 Å². The van der Waals surface area contributed by atoms with Gasteiger partial charge < -0.3 is 10.1 Å². The van der Waals surface area contributed by atoms with Gasteiger partial charge in [0.05, 0.1) is 17.4 Å². The Balaban J connectivity index is 2.02. The van der Waals surface area contributed by atoms with Crippen LogP contribution in [0.2, 0.25) is 0 Å². The normalized spacial score (nSPS) is 10.2. The Bertz CT molecular complexity index is 645. The lowest BCUT2D eigenvalue weighted by Crippen LogP contribution is -2.06. The van der Waals surface area contributed by atoms with E-state index in [0.717, 1.165) is 21.5 Å². The Hall–Kier alpha value is -1.99. The van der Waals surface area contributed by atoms with E-state index in [9.17, 15) is 0 Å². The highest BCUT2D eigenvalue weighted by Crippen LogP contribution is 2.21. The van der Waals surface area contributed by atoms with Gasteiger partial charge in [-0.05, 0) is 49.7 Å². The van der Waals surface area contributed by atoms with Crippen molar-refractivity contribution >= 4 is 21.6 Å². The molecule has 4 heteroatoms. The maximum atomic E-state index is 9.13. The summed E-state index contributed by atoms with van der Waals surface area (Å²) < 4.78 is 6.52. The van der Waals surface area contributed by atoms with Crippen LogP contribution in [0.4, 0.5) is 5.69 Å². The Morgan fingerprint density at radius 2 is 1.90 bits per heavy atom. The maximum Gasteiger partial charge on any atom is 0.119 e. The summed E-state index contributed by atoms with van der Waals surface area (Å²) in [6.45, 7) is 4.68. The highest BCUT2D eigenvalue weighted by atomic mass is 79.9. The van der Waals surface area contributed by atoms with Crippen molar-refractivity contribution in [3.63, 3.8) is 0 Å². The number of halogens is 1. The van der Waals surface area contributed by atoms with E-state index >= 15 is 0 Å². The van der Waals surface area contributed by atoms with Crippen molar-refractivity contribution < 1.29 is 4.74 Å². The summed E-state index contributed by atoms with van der Waals surface area (Å²) in [6, 6.07) is 15.8. The Morgan fingerprint density at radius 3 is 2.52 bits per heavy atom. The Morgan fingerprint density at radius 1 is 1.19 bits per heavy atom. The van der Waals surface area contributed by atoms with Gasteiger partial charge in [0.2, 0.25) is 0 Å². The number of ether oxygens (including phenoxy) is 1. The first-order valence-corrected chi connectivity index (χ1v) is 7.57. The van der Waals surface area contributed by atoms with E-state index in [1.807, 2.05) is 56.3 Å². The van der Waals surface area contributed by atoms with Gasteiger partial charge in [0.15, 0.2) is 0 Å². The predicted molar refractivity (Wildman–Crippen MR) is 88.4 cm³/mol. The van der Waals surface area contributed by atoms with Crippen molar-refractivity contribution in [2.75, 3.05) is 5.32 Å². The van der Waals surface area contributed by atoms with Gasteiger partial charge in [0.25, 0.3) is 0 Å². The van der Waals surface area contributed by atoms with Crippen molar-refractivity contribution in [1.29, 1.82) is 5.26 Å². The largest absolute Gasteiger partial charge is 0.491 e. The molecule has 3 nitrogen and oxygen atoms in total. The van der Waals surface area contributed by atoms with E-state index in [2.05, 4.69) is 27.3 Å². The molecule has 2 rings (SSSR count). The molecule has 0 saturated carbocycles. The molecule has 0 saturated heterocycles. The number of nitrogens with zero attached hydrogens (tertiary/aromatic N) is 1. The van der Waals surface area contributed by atoms with Crippen molar-refractivity contribution in [3.8, 4) is 11.8 Å². The van der Waals surface area contributed by atoms with E-state index in [4.69, 9.17) is 10.00 Å². The summed E-state index contributed by atoms with van der Waals surface area (Å²) in [4.78, 5) is 0. The summed E-state index contributed by atoms with van der Waals surface area (Å²) in [5.41, 5.74) is 2.60. The van der Waals surface area contributed by atoms with Crippen molar-refractivity contribution in [3.05, 3.63) is 58.1 Å². The zero-order chi connectivity index (χ0) is 15.2. The molecular formula is C17H17BrN2O. The number of hydrogen-bond acceptors (Lipinski definition) is 3. The minimum absolute atomic E-state index is 0.176. The monoisotopic (exact) mass is 344 g/mol. The molecule has 2 aromatic rings.